The number of carbonyl (C=O) groups is 1. The van der Waals surface area contributed by atoms with E-state index in [1.54, 1.807) is 0 Å². The van der Waals surface area contributed by atoms with Crippen LogP contribution in [0, 0.1) is 5.41 Å². The molecule has 1 aliphatic heterocycles. The molecule has 106 valence electrons. The lowest BCUT2D eigenvalue weighted by Gasteiger charge is -2.44. The molecule has 0 aromatic carbocycles. The summed E-state index contributed by atoms with van der Waals surface area (Å²) in [5.41, 5.74) is -0.184. The molecule has 1 aliphatic rings. The van der Waals surface area contributed by atoms with Crippen LogP contribution in [0.15, 0.2) is 0 Å². The number of rotatable bonds is 1. The average Bonchev–Trinajstić information content (AvgIpc) is 2.41. The van der Waals surface area contributed by atoms with E-state index in [2.05, 4.69) is 51.8 Å². The molecule has 0 aliphatic carbocycles. The highest BCUT2D eigenvalue weighted by Crippen LogP contribution is 2.38. The summed E-state index contributed by atoms with van der Waals surface area (Å²) in [5.74, 6) is -0.160. The first-order chi connectivity index (χ1) is 7.94. The second kappa shape index (κ2) is 4.80. The van der Waals surface area contributed by atoms with Crippen molar-refractivity contribution in [3.63, 3.8) is 0 Å². The summed E-state index contributed by atoms with van der Waals surface area (Å²) >= 11 is 0. The van der Waals surface area contributed by atoms with E-state index in [-0.39, 0.29) is 22.9 Å². The fourth-order valence-corrected chi connectivity index (χ4v) is 2.91. The molecule has 0 aromatic rings. The maximum atomic E-state index is 14.3. The van der Waals surface area contributed by atoms with E-state index in [1.807, 2.05) is 0 Å². The van der Waals surface area contributed by atoms with Gasteiger partial charge in [0.25, 0.3) is 0 Å². The third-order valence-electron chi connectivity index (χ3n) is 3.56. The van der Waals surface area contributed by atoms with Crippen LogP contribution in [-0.4, -0.2) is 41.1 Å². The van der Waals surface area contributed by atoms with Gasteiger partial charge in [-0.15, -0.1) is 0 Å². The molecule has 0 radical (unpaired) electrons. The fraction of sp³-hybridized carbons (Fsp3) is 0.929. The van der Waals surface area contributed by atoms with Crippen LogP contribution in [0.5, 0.6) is 0 Å². The lowest BCUT2D eigenvalue weighted by atomic mass is 9.81. The molecule has 1 N–H and O–H groups in total. The third-order valence-corrected chi connectivity index (χ3v) is 3.56. The van der Waals surface area contributed by atoms with Gasteiger partial charge in [-0.25, -0.2) is 4.39 Å². The zero-order chi connectivity index (χ0) is 14.3. The fourth-order valence-electron chi connectivity index (χ4n) is 2.91. The van der Waals surface area contributed by atoms with E-state index < -0.39 is 12.2 Å². The minimum absolute atomic E-state index is 0.0106. The monoisotopic (exact) mass is 258 g/mol. The number of hydrogen-bond donors (Lipinski definition) is 1. The van der Waals surface area contributed by atoms with E-state index in [9.17, 15) is 9.18 Å². The van der Waals surface area contributed by atoms with Crippen molar-refractivity contribution in [2.75, 3.05) is 6.54 Å². The molecular formula is C14H27FN2O. The number of halogens is 1. The number of alkyl halides is 1. The van der Waals surface area contributed by atoms with Gasteiger partial charge in [0, 0.05) is 25.0 Å². The number of hydrogen-bond acceptors (Lipinski definition) is 2. The summed E-state index contributed by atoms with van der Waals surface area (Å²) in [4.78, 5) is 13.5. The zero-order valence-electron chi connectivity index (χ0n) is 12.7. The SMILES string of the molecule is CC(=O)NC1C(C(C)(C)C)N(C(C)(C)C)C[C@@H]1F. The Labute approximate surface area is 110 Å². The van der Waals surface area contributed by atoms with Gasteiger partial charge >= 0.3 is 0 Å². The maximum absolute atomic E-state index is 14.3. The van der Waals surface area contributed by atoms with Gasteiger partial charge in [-0.1, -0.05) is 20.8 Å². The van der Waals surface area contributed by atoms with E-state index in [1.165, 1.54) is 6.92 Å². The lowest BCUT2D eigenvalue weighted by Crippen LogP contribution is -2.56. The Morgan fingerprint density at radius 1 is 1.22 bits per heavy atom. The Morgan fingerprint density at radius 2 is 1.72 bits per heavy atom. The largest absolute Gasteiger partial charge is 0.349 e. The van der Waals surface area contributed by atoms with Crippen molar-refractivity contribution < 1.29 is 9.18 Å². The highest BCUT2D eigenvalue weighted by molar-refractivity contribution is 5.73. The molecule has 1 rings (SSSR count). The Balaban J connectivity index is 3.07. The third kappa shape index (κ3) is 3.22. The van der Waals surface area contributed by atoms with Crippen molar-refractivity contribution in [3.05, 3.63) is 0 Å². The van der Waals surface area contributed by atoms with Crippen molar-refractivity contribution in [2.45, 2.75) is 72.3 Å². The second-order valence-electron chi connectivity index (χ2n) is 7.38. The molecule has 0 saturated carbocycles. The van der Waals surface area contributed by atoms with Crippen LogP contribution in [0.25, 0.3) is 0 Å². The molecule has 3 nitrogen and oxygen atoms in total. The normalized spacial score (nSPS) is 30.6. The molecule has 1 fully saturated rings. The van der Waals surface area contributed by atoms with Crippen molar-refractivity contribution in [2.24, 2.45) is 5.41 Å². The zero-order valence-corrected chi connectivity index (χ0v) is 12.7. The molecule has 0 spiro atoms. The van der Waals surface area contributed by atoms with Crippen molar-refractivity contribution in [1.82, 2.24) is 10.2 Å². The Kier molecular flexibility index (Phi) is 4.11. The van der Waals surface area contributed by atoms with Crippen LogP contribution in [0.4, 0.5) is 4.39 Å². The van der Waals surface area contributed by atoms with Gasteiger partial charge in [-0.2, -0.15) is 0 Å². The van der Waals surface area contributed by atoms with E-state index in [4.69, 9.17) is 0 Å². The van der Waals surface area contributed by atoms with Crippen LogP contribution in [0.1, 0.15) is 48.5 Å². The summed E-state index contributed by atoms with van der Waals surface area (Å²) in [5, 5.41) is 2.79. The molecule has 1 heterocycles. The van der Waals surface area contributed by atoms with Crippen LogP contribution in [0.2, 0.25) is 0 Å². The van der Waals surface area contributed by atoms with Crippen LogP contribution >= 0.6 is 0 Å². The molecular weight excluding hydrogens is 231 g/mol. The lowest BCUT2D eigenvalue weighted by molar-refractivity contribution is -0.120. The van der Waals surface area contributed by atoms with Gasteiger partial charge < -0.3 is 5.32 Å². The van der Waals surface area contributed by atoms with Gasteiger partial charge in [0.1, 0.15) is 6.17 Å². The Hall–Kier alpha value is -0.640. The number of likely N-dealkylation sites (tertiary alicyclic amines) is 1. The van der Waals surface area contributed by atoms with Crippen molar-refractivity contribution in [3.8, 4) is 0 Å². The van der Waals surface area contributed by atoms with E-state index in [0.717, 1.165) is 0 Å². The standard InChI is InChI=1S/C14H27FN2O/c1-9(18)16-11-10(15)8-17(14(5,6)7)12(11)13(2,3)4/h10-12H,8H2,1-7H3,(H,16,18)/t10-,11?,12?/m0/s1. The van der Waals surface area contributed by atoms with Gasteiger partial charge in [-0.3, -0.25) is 9.69 Å². The summed E-state index contributed by atoms with van der Waals surface area (Å²) in [6, 6.07) is -0.405. The quantitative estimate of drug-likeness (QED) is 0.783. The first kappa shape index (κ1) is 15.4. The topological polar surface area (TPSA) is 32.3 Å². The van der Waals surface area contributed by atoms with Crippen molar-refractivity contribution >= 4 is 5.91 Å². The van der Waals surface area contributed by atoms with Crippen molar-refractivity contribution in [1.29, 1.82) is 0 Å². The minimum atomic E-state index is -1.00. The Morgan fingerprint density at radius 3 is 2.06 bits per heavy atom. The number of nitrogens with one attached hydrogen (secondary N) is 1. The predicted molar refractivity (Wildman–Crippen MR) is 72.2 cm³/mol. The minimum Gasteiger partial charge on any atom is -0.349 e. The number of carbonyl (C=O) groups excluding carboxylic acids is 1. The summed E-state index contributed by atoms with van der Waals surface area (Å²) in [6.07, 6.45) is -1.00. The average molecular weight is 258 g/mol. The highest BCUT2D eigenvalue weighted by Gasteiger charge is 2.51. The van der Waals surface area contributed by atoms with Crippen LogP contribution < -0.4 is 5.32 Å². The molecule has 3 atom stereocenters. The predicted octanol–water partition coefficient (Wildman–Crippen LogP) is 2.36. The molecule has 0 aromatic heterocycles. The van der Waals surface area contributed by atoms with E-state index >= 15 is 0 Å². The van der Waals surface area contributed by atoms with Gasteiger partial charge in [0.15, 0.2) is 0 Å². The molecule has 2 unspecified atom stereocenters. The maximum Gasteiger partial charge on any atom is 0.217 e. The van der Waals surface area contributed by atoms with Crippen LogP contribution in [-0.2, 0) is 4.79 Å². The number of amides is 1. The number of nitrogens with zero attached hydrogens (tertiary/aromatic N) is 1. The highest BCUT2D eigenvalue weighted by atomic mass is 19.1. The molecule has 1 amide bonds. The van der Waals surface area contributed by atoms with Crippen LogP contribution in [0.3, 0.4) is 0 Å². The second-order valence-corrected chi connectivity index (χ2v) is 7.38. The van der Waals surface area contributed by atoms with Gasteiger partial charge in [0.2, 0.25) is 5.91 Å². The van der Waals surface area contributed by atoms with Gasteiger partial charge in [-0.05, 0) is 26.2 Å². The van der Waals surface area contributed by atoms with Gasteiger partial charge in [0.05, 0.1) is 6.04 Å². The molecule has 1 saturated heterocycles. The van der Waals surface area contributed by atoms with E-state index in [0.29, 0.717) is 6.54 Å². The smallest absolute Gasteiger partial charge is 0.217 e. The summed E-state index contributed by atoms with van der Waals surface area (Å²) < 4.78 is 14.3. The Bertz CT molecular complexity index is 317. The molecule has 4 heteroatoms. The summed E-state index contributed by atoms with van der Waals surface area (Å²) in [7, 11) is 0. The molecule has 18 heavy (non-hydrogen) atoms. The first-order valence-corrected chi connectivity index (χ1v) is 6.62. The first-order valence-electron chi connectivity index (χ1n) is 6.62. The molecule has 0 bridgehead atoms. The summed E-state index contributed by atoms with van der Waals surface area (Å²) in [6.45, 7) is 14.4.